The lowest BCUT2D eigenvalue weighted by Crippen LogP contribution is -1.71. The molecule has 5 aromatic rings. The highest BCUT2D eigenvalue weighted by Crippen LogP contribution is 2.38. The second-order valence-electron chi connectivity index (χ2n) is 5.27. The first-order valence-electron chi connectivity index (χ1n) is 6.82. The number of H-pyrrole nitrogens is 1. The van der Waals surface area contributed by atoms with Crippen molar-refractivity contribution in [3.05, 3.63) is 59.1 Å². The molecule has 3 heteroatoms. The molecule has 0 saturated carbocycles. The van der Waals surface area contributed by atoms with Gasteiger partial charge in [-0.3, -0.25) is 0 Å². The lowest BCUT2D eigenvalue weighted by molar-refractivity contribution is 0.669. The van der Waals surface area contributed by atoms with Crippen LogP contribution in [0.5, 0.6) is 0 Å². The van der Waals surface area contributed by atoms with Crippen molar-refractivity contribution in [1.29, 1.82) is 0 Å². The van der Waals surface area contributed by atoms with E-state index >= 15 is 0 Å². The number of aromatic amines is 1. The van der Waals surface area contributed by atoms with Crippen LogP contribution in [0.3, 0.4) is 0 Å². The van der Waals surface area contributed by atoms with E-state index < -0.39 is 0 Å². The van der Waals surface area contributed by atoms with Crippen LogP contribution >= 0.6 is 15.9 Å². The third-order valence-corrected chi connectivity index (χ3v) is 4.56. The zero-order chi connectivity index (χ0) is 14.0. The van der Waals surface area contributed by atoms with E-state index in [-0.39, 0.29) is 0 Å². The minimum Gasteiger partial charge on any atom is -0.456 e. The van der Waals surface area contributed by atoms with E-state index in [0.717, 1.165) is 26.7 Å². The highest BCUT2D eigenvalue weighted by Gasteiger charge is 2.14. The minimum atomic E-state index is 0.935. The molecule has 0 unspecified atom stereocenters. The Balaban J connectivity index is 2.16. The second-order valence-corrected chi connectivity index (χ2v) is 6.19. The number of rotatable bonds is 0. The Kier molecular flexibility index (Phi) is 2.11. The van der Waals surface area contributed by atoms with Crippen molar-refractivity contribution in [3.8, 4) is 0 Å². The maximum absolute atomic E-state index is 5.98. The van der Waals surface area contributed by atoms with Crippen molar-refractivity contribution in [2.75, 3.05) is 0 Å². The van der Waals surface area contributed by atoms with Gasteiger partial charge in [-0.15, -0.1) is 0 Å². The maximum Gasteiger partial charge on any atom is 0.136 e. The Morgan fingerprint density at radius 3 is 2.57 bits per heavy atom. The average Bonchev–Trinajstić information content (AvgIpc) is 3.04. The Labute approximate surface area is 128 Å². The Hall–Kier alpha value is -2.26. The number of fused-ring (bicyclic) bond motifs is 7. The Bertz CT molecular complexity index is 1150. The van der Waals surface area contributed by atoms with Gasteiger partial charge in [0.1, 0.15) is 11.2 Å². The summed E-state index contributed by atoms with van der Waals surface area (Å²) in [7, 11) is 0. The normalized spacial score (nSPS) is 12.0. The van der Waals surface area contributed by atoms with Gasteiger partial charge in [0.2, 0.25) is 0 Å². The van der Waals surface area contributed by atoms with Gasteiger partial charge in [-0.2, -0.15) is 0 Å². The van der Waals surface area contributed by atoms with E-state index in [2.05, 4.69) is 57.3 Å². The number of para-hydroxylation sites is 1. The summed E-state index contributed by atoms with van der Waals surface area (Å²) in [6.07, 6.45) is 0. The molecular weight excluding hydrogens is 326 g/mol. The molecule has 2 nitrogen and oxygen atoms in total. The molecule has 5 rings (SSSR count). The average molecular weight is 336 g/mol. The number of aromatic nitrogens is 1. The molecule has 0 aliphatic rings. The number of hydrogen-bond donors (Lipinski definition) is 1. The van der Waals surface area contributed by atoms with E-state index in [1.807, 2.05) is 18.2 Å². The molecule has 0 spiro atoms. The Morgan fingerprint density at radius 1 is 0.762 bits per heavy atom. The van der Waals surface area contributed by atoms with Gasteiger partial charge in [-0.05, 0) is 36.4 Å². The third kappa shape index (κ3) is 1.47. The van der Waals surface area contributed by atoms with Crippen molar-refractivity contribution >= 4 is 59.7 Å². The first kappa shape index (κ1) is 11.4. The zero-order valence-corrected chi connectivity index (χ0v) is 12.6. The molecule has 0 saturated heterocycles. The molecule has 0 fully saturated rings. The lowest BCUT2D eigenvalue weighted by atomic mass is 10.1. The third-order valence-electron chi connectivity index (χ3n) is 4.06. The van der Waals surface area contributed by atoms with Crippen molar-refractivity contribution in [2.24, 2.45) is 0 Å². The van der Waals surface area contributed by atoms with E-state index in [4.69, 9.17) is 4.42 Å². The summed E-state index contributed by atoms with van der Waals surface area (Å²) in [5.74, 6) is 0. The predicted molar refractivity (Wildman–Crippen MR) is 90.8 cm³/mol. The standard InChI is InChI=1S/C18H10BrNO/c19-10-5-6-13-12(9-10)17-14(20-13)7-8-16-18(17)11-3-1-2-4-15(11)21-16/h1-9,20H. The first-order valence-corrected chi connectivity index (χ1v) is 7.62. The summed E-state index contributed by atoms with van der Waals surface area (Å²) >= 11 is 3.57. The molecule has 0 radical (unpaired) electrons. The van der Waals surface area contributed by atoms with Gasteiger partial charge in [0.05, 0.1) is 0 Å². The van der Waals surface area contributed by atoms with Crippen molar-refractivity contribution in [3.63, 3.8) is 0 Å². The fourth-order valence-corrected chi connectivity index (χ4v) is 3.54. The van der Waals surface area contributed by atoms with Crippen molar-refractivity contribution < 1.29 is 4.42 Å². The van der Waals surface area contributed by atoms with Crippen LogP contribution in [-0.2, 0) is 0 Å². The molecule has 3 aromatic carbocycles. The van der Waals surface area contributed by atoms with E-state index in [1.54, 1.807) is 0 Å². The van der Waals surface area contributed by atoms with Crippen LogP contribution in [0.4, 0.5) is 0 Å². The number of benzene rings is 3. The topological polar surface area (TPSA) is 28.9 Å². The van der Waals surface area contributed by atoms with Crippen molar-refractivity contribution in [2.45, 2.75) is 0 Å². The largest absolute Gasteiger partial charge is 0.456 e. The minimum absolute atomic E-state index is 0.935. The molecule has 2 aromatic heterocycles. The van der Waals surface area contributed by atoms with Crippen LogP contribution in [0.1, 0.15) is 0 Å². The summed E-state index contributed by atoms with van der Waals surface area (Å²) < 4.78 is 7.07. The van der Waals surface area contributed by atoms with Gasteiger partial charge in [0.25, 0.3) is 0 Å². The van der Waals surface area contributed by atoms with Crippen LogP contribution < -0.4 is 0 Å². The van der Waals surface area contributed by atoms with Gasteiger partial charge in [0, 0.05) is 37.1 Å². The molecule has 0 amide bonds. The van der Waals surface area contributed by atoms with Crippen LogP contribution in [0.15, 0.2) is 63.5 Å². The van der Waals surface area contributed by atoms with Crippen LogP contribution in [0.2, 0.25) is 0 Å². The first-order chi connectivity index (χ1) is 10.3. The quantitative estimate of drug-likeness (QED) is 0.370. The van der Waals surface area contributed by atoms with Gasteiger partial charge in [-0.25, -0.2) is 0 Å². The second kappa shape index (κ2) is 3.89. The van der Waals surface area contributed by atoms with Gasteiger partial charge in [0.15, 0.2) is 0 Å². The number of hydrogen-bond acceptors (Lipinski definition) is 1. The fourth-order valence-electron chi connectivity index (χ4n) is 3.18. The molecular formula is C18H10BrNO. The Morgan fingerprint density at radius 2 is 1.62 bits per heavy atom. The zero-order valence-electron chi connectivity index (χ0n) is 11.0. The molecule has 0 atom stereocenters. The van der Waals surface area contributed by atoms with Gasteiger partial charge >= 0.3 is 0 Å². The van der Waals surface area contributed by atoms with E-state index in [9.17, 15) is 0 Å². The molecule has 21 heavy (non-hydrogen) atoms. The van der Waals surface area contributed by atoms with Gasteiger partial charge < -0.3 is 9.40 Å². The van der Waals surface area contributed by atoms with Crippen LogP contribution in [0, 0.1) is 0 Å². The molecule has 1 N–H and O–H groups in total. The number of nitrogens with one attached hydrogen (secondary N) is 1. The summed E-state index contributed by atoms with van der Waals surface area (Å²) in [4.78, 5) is 3.49. The summed E-state index contributed by atoms with van der Waals surface area (Å²) in [6, 6.07) is 18.7. The maximum atomic E-state index is 5.98. The van der Waals surface area contributed by atoms with Crippen LogP contribution in [0.25, 0.3) is 43.7 Å². The van der Waals surface area contributed by atoms with Crippen molar-refractivity contribution in [1.82, 2.24) is 4.98 Å². The number of furan rings is 1. The van der Waals surface area contributed by atoms with E-state index in [1.165, 1.54) is 21.5 Å². The monoisotopic (exact) mass is 335 g/mol. The number of halogens is 1. The summed E-state index contributed by atoms with van der Waals surface area (Å²) in [5, 5.41) is 4.80. The predicted octanol–water partition coefficient (Wildman–Crippen LogP) is 5.98. The molecule has 0 bridgehead atoms. The fraction of sp³-hybridized carbons (Fsp3) is 0. The van der Waals surface area contributed by atoms with Gasteiger partial charge in [-0.1, -0.05) is 34.1 Å². The van der Waals surface area contributed by atoms with E-state index in [0.29, 0.717) is 0 Å². The highest BCUT2D eigenvalue weighted by molar-refractivity contribution is 9.10. The van der Waals surface area contributed by atoms with Crippen LogP contribution in [-0.4, -0.2) is 4.98 Å². The molecule has 2 heterocycles. The summed E-state index contributed by atoms with van der Waals surface area (Å²) in [6.45, 7) is 0. The lowest BCUT2D eigenvalue weighted by Gasteiger charge is -1.95. The smallest absolute Gasteiger partial charge is 0.136 e. The molecule has 100 valence electrons. The SMILES string of the molecule is Brc1ccc2[nH]c3ccc4oc5ccccc5c4c3c2c1. The summed E-state index contributed by atoms with van der Waals surface area (Å²) in [5.41, 5.74) is 4.15. The highest BCUT2D eigenvalue weighted by atomic mass is 79.9. The molecule has 0 aliphatic heterocycles. The molecule has 0 aliphatic carbocycles.